The lowest BCUT2D eigenvalue weighted by Gasteiger charge is -2.42. The van der Waals surface area contributed by atoms with Gasteiger partial charge in [0.2, 0.25) is 5.91 Å². The summed E-state index contributed by atoms with van der Waals surface area (Å²) in [4.78, 5) is 13.0. The molecule has 1 saturated heterocycles. The van der Waals surface area contributed by atoms with Crippen molar-refractivity contribution in [1.82, 2.24) is 4.90 Å². The third-order valence-electron chi connectivity index (χ3n) is 2.46. The molecule has 0 bridgehead atoms. The van der Waals surface area contributed by atoms with E-state index < -0.39 is 11.9 Å². The number of morpholine rings is 1. The second-order valence-electron chi connectivity index (χ2n) is 4.89. The molecule has 15 heavy (non-hydrogen) atoms. The molecule has 1 aliphatic heterocycles. The summed E-state index contributed by atoms with van der Waals surface area (Å²) < 4.78 is 5.75. The van der Waals surface area contributed by atoms with Gasteiger partial charge in [0, 0.05) is 19.6 Å². The van der Waals surface area contributed by atoms with Crippen molar-refractivity contribution >= 4 is 5.91 Å². The molecule has 1 fully saturated rings. The summed E-state index contributed by atoms with van der Waals surface area (Å²) in [6, 6.07) is -0.592. The van der Waals surface area contributed by atoms with Gasteiger partial charge in [0.15, 0.2) is 0 Å². The summed E-state index contributed by atoms with van der Waals surface area (Å²) in [5.41, 5.74) is 10.6. The molecule has 0 aromatic carbocycles. The minimum Gasteiger partial charge on any atom is -0.370 e. The largest absolute Gasteiger partial charge is 0.370 e. The SMILES string of the molecule is CC1CN(CC(N)C(N)=O)CC(C)(C)O1. The Labute approximate surface area is 90.7 Å². The number of ether oxygens (including phenoxy) is 1. The van der Waals surface area contributed by atoms with E-state index in [9.17, 15) is 4.79 Å². The molecule has 88 valence electrons. The third kappa shape index (κ3) is 3.77. The molecule has 0 spiro atoms. The average Bonchev–Trinajstić information content (AvgIpc) is 1.99. The summed E-state index contributed by atoms with van der Waals surface area (Å²) in [7, 11) is 0. The molecule has 2 atom stereocenters. The van der Waals surface area contributed by atoms with E-state index in [4.69, 9.17) is 16.2 Å². The quantitative estimate of drug-likeness (QED) is 0.652. The highest BCUT2D eigenvalue weighted by molar-refractivity contribution is 5.79. The first kappa shape index (κ1) is 12.4. The highest BCUT2D eigenvalue weighted by atomic mass is 16.5. The van der Waals surface area contributed by atoms with Crippen LogP contribution in [0.15, 0.2) is 0 Å². The molecule has 4 N–H and O–H groups in total. The van der Waals surface area contributed by atoms with Gasteiger partial charge in [-0.2, -0.15) is 0 Å². The smallest absolute Gasteiger partial charge is 0.235 e. The topological polar surface area (TPSA) is 81.6 Å². The van der Waals surface area contributed by atoms with E-state index in [2.05, 4.69) is 4.90 Å². The molecule has 2 unspecified atom stereocenters. The molecular formula is C10H21N3O2. The Balaban J connectivity index is 2.52. The minimum atomic E-state index is -0.592. The first-order valence-electron chi connectivity index (χ1n) is 5.25. The Bertz CT molecular complexity index is 243. The second kappa shape index (κ2) is 4.47. The summed E-state index contributed by atoms with van der Waals surface area (Å²) in [5, 5.41) is 0. The van der Waals surface area contributed by atoms with Gasteiger partial charge in [-0.05, 0) is 20.8 Å². The van der Waals surface area contributed by atoms with Gasteiger partial charge in [0.25, 0.3) is 0 Å². The molecular weight excluding hydrogens is 194 g/mol. The van der Waals surface area contributed by atoms with Crippen molar-refractivity contribution in [2.75, 3.05) is 19.6 Å². The second-order valence-corrected chi connectivity index (χ2v) is 4.89. The van der Waals surface area contributed by atoms with Crippen LogP contribution < -0.4 is 11.5 Å². The van der Waals surface area contributed by atoms with E-state index in [1.807, 2.05) is 20.8 Å². The van der Waals surface area contributed by atoms with Crippen LogP contribution in [0.4, 0.5) is 0 Å². The minimum absolute atomic E-state index is 0.161. The molecule has 0 aliphatic carbocycles. The number of primary amides is 1. The zero-order chi connectivity index (χ0) is 11.6. The molecule has 1 heterocycles. The van der Waals surface area contributed by atoms with Crippen molar-refractivity contribution in [3.63, 3.8) is 0 Å². The molecule has 0 radical (unpaired) electrons. The Morgan fingerprint density at radius 2 is 2.27 bits per heavy atom. The standard InChI is InChI=1S/C10H21N3O2/c1-7-4-13(5-8(11)9(12)14)6-10(2,3)15-7/h7-8H,4-6,11H2,1-3H3,(H2,12,14). The summed E-state index contributed by atoms with van der Waals surface area (Å²) in [6.45, 7) is 8.16. The predicted molar refractivity (Wildman–Crippen MR) is 58.2 cm³/mol. The van der Waals surface area contributed by atoms with E-state index in [1.54, 1.807) is 0 Å². The normalized spacial score (nSPS) is 28.7. The monoisotopic (exact) mass is 215 g/mol. The van der Waals surface area contributed by atoms with E-state index in [1.165, 1.54) is 0 Å². The van der Waals surface area contributed by atoms with Crippen LogP contribution in [0.25, 0.3) is 0 Å². The van der Waals surface area contributed by atoms with Gasteiger partial charge in [-0.25, -0.2) is 0 Å². The maximum Gasteiger partial charge on any atom is 0.235 e. The number of nitrogens with two attached hydrogens (primary N) is 2. The molecule has 0 aromatic rings. The van der Waals surface area contributed by atoms with Crippen LogP contribution in [-0.2, 0) is 9.53 Å². The fraction of sp³-hybridized carbons (Fsp3) is 0.900. The van der Waals surface area contributed by atoms with Crippen molar-refractivity contribution in [2.24, 2.45) is 11.5 Å². The fourth-order valence-corrected chi connectivity index (χ4v) is 2.09. The van der Waals surface area contributed by atoms with E-state index in [-0.39, 0.29) is 11.7 Å². The lowest BCUT2D eigenvalue weighted by atomic mass is 10.0. The molecule has 1 aliphatic rings. The van der Waals surface area contributed by atoms with E-state index in [0.29, 0.717) is 6.54 Å². The Hall–Kier alpha value is -0.650. The summed E-state index contributed by atoms with van der Waals surface area (Å²) >= 11 is 0. The molecule has 5 nitrogen and oxygen atoms in total. The van der Waals surface area contributed by atoms with Crippen molar-refractivity contribution in [3.05, 3.63) is 0 Å². The Kier molecular flexibility index (Phi) is 3.70. The van der Waals surface area contributed by atoms with E-state index in [0.717, 1.165) is 13.1 Å². The maximum atomic E-state index is 10.9. The molecule has 5 heteroatoms. The van der Waals surface area contributed by atoms with Crippen molar-refractivity contribution in [3.8, 4) is 0 Å². The number of nitrogens with zero attached hydrogens (tertiary/aromatic N) is 1. The van der Waals surface area contributed by atoms with Crippen LogP contribution in [0.3, 0.4) is 0 Å². The van der Waals surface area contributed by atoms with Crippen LogP contribution in [0.2, 0.25) is 0 Å². The zero-order valence-electron chi connectivity index (χ0n) is 9.69. The average molecular weight is 215 g/mol. The van der Waals surface area contributed by atoms with Gasteiger partial charge >= 0.3 is 0 Å². The van der Waals surface area contributed by atoms with Crippen LogP contribution in [0.5, 0.6) is 0 Å². The van der Waals surface area contributed by atoms with Crippen molar-refractivity contribution in [2.45, 2.75) is 38.5 Å². The third-order valence-corrected chi connectivity index (χ3v) is 2.46. The van der Waals surface area contributed by atoms with Gasteiger partial charge in [-0.3, -0.25) is 9.69 Å². The number of carbonyl (C=O) groups is 1. The van der Waals surface area contributed by atoms with Gasteiger partial charge in [0.05, 0.1) is 17.7 Å². The maximum absolute atomic E-state index is 10.9. The first-order valence-corrected chi connectivity index (χ1v) is 5.25. The van der Waals surface area contributed by atoms with Gasteiger partial charge < -0.3 is 16.2 Å². The number of hydrogen-bond acceptors (Lipinski definition) is 4. The van der Waals surface area contributed by atoms with Crippen LogP contribution in [-0.4, -0.2) is 48.2 Å². The fourth-order valence-electron chi connectivity index (χ4n) is 2.09. The molecule has 1 amide bonds. The van der Waals surface area contributed by atoms with Gasteiger partial charge in [-0.1, -0.05) is 0 Å². The zero-order valence-corrected chi connectivity index (χ0v) is 9.69. The van der Waals surface area contributed by atoms with Crippen LogP contribution >= 0.6 is 0 Å². The number of amides is 1. The van der Waals surface area contributed by atoms with Crippen LogP contribution in [0, 0.1) is 0 Å². The molecule has 0 saturated carbocycles. The number of carbonyl (C=O) groups excluding carboxylic acids is 1. The predicted octanol–water partition coefficient (Wildman–Crippen LogP) is -0.702. The number of rotatable bonds is 3. The van der Waals surface area contributed by atoms with Gasteiger partial charge in [-0.15, -0.1) is 0 Å². The highest BCUT2D eigenvalue weighted by Crippen LogP contribution is 2.20. The Morgan fingerprint density at radius 1 is 1.67 bits per heavy atom. The summed E-state index contributed by atoms with van der Waals surface area (Å²) in [6.07, 6.45) is 0.161. The van der Waals surface area contributed by atoms with Crippen LogP contribution in [0.1, 0.15) is 20.8 Å². The Morgan fingerprint density at radius 3 is 2.73 bits per heavy atom. The lowest BCUT2D eigenvalue weighted by molar-refractivity contribution is -0.133. The lowest BCUT2D eigenvalue weighted by Crippen LogP contribution is -2.56. The first-order chi connectivity index (χ1) is 6.80. The van der Waals surface area contributed by atoms with Crippen molar-refractivity contribution in [1.29, 1.82) is 0 Å². The molecule has 0 aromatic heterocycles. The molecule has 1 rings (SSSR count). The number of hydrogen-bond donors (Lipinski definition) is 2. The highest BCUT2D eigenvalue weighted by Gasteiger charge is 2.32. The van der Waals surface area contributed by atoms with E-state index >= 15 is 0 Å². The summed E-state index contributed by atoms with van der Waals surface area (Å²) in [5.74, 6) is -0.452. The van der Waals surface area contributed by atoms with Gasteiger partial charge in [0.1, 0.15) is 0 Å². The van der Waals surface area contributed by atoms with Crippen molar-refractivity contribution < 1.29 is 9.53 Å².